The number of hydrogen-bond donors (Lipinski definition) is 3. The number of halogens is 3. The van der Waals surface area contributed by atoms with Gasteiger partial charge in [0.25, 0.3) is 11.8 Å². The Kier molecular flexibility index (Phi) is 6.15. The molecule has 1 unspecified atom stereocenters. The summed E-state index contributed by atoms with van der Waals surface area (Å²) in [5.41, 5.74) is 2.66. The summed E-state index contributed by atoms with van der Waals surface area (Å²) in [5.74, 6) is 4.83. The maximum Gasteiger partial charge on any atom is 0.267 e. The summed E-state index contributed by atoms with van der Waals surface area (Å²) >= 11 is 13.2. The molecule has 1 aliphatic rings. The van der Waals surface area contributed by atoms with E-state index in [9.17, 15) is 9.59 Å². The number of amides is 2. The summed E-state index contributed by atoms with van der Waals surface area (Å²) in [6.45, 7) is 0. The lowest BCUT2D eigenvalue weighted by Gasteiger charge is -2.30. The molecule has 0 radical (unpaired) electrons. The fraction of sp³-hybridized carbons (Fsp3) is 0.0500. The smallest absolute Gasteiger partial charge is 0.267 e. The first-order chi connectivity index (χ1) is 14.9. The Morgan fingerprint density at radius 2 is 1.97 bits per heavy atom. The van der Waals surface area contributed by atoms with Crippen LogP contribution in [0.1, 0.15) is 10.4 Å². The second-order valence-electron chi connectivity index (χ2n) is 6.53. The van der Waals surface area contributed by atoms with Crippen LogP contribution in [0, 0.1) is 0 Å². The van der Waals surface area contributed by atoms with Gasteiger partial charge in [0.05, 0.1) is 32.4 Å². The van der Waals surface area contributed by atoms with E-state index in [1.807, 2.05) is 24.3 Å². The van der Waals surface area contributed by atoms with Gasteiger partial charge in [-0.15, -0.1) is 0 Å². The van der Waals surface area contributed by atoms with Gasteiger partial charge in [-0.25, -0.2) is 19.9 Å². The maximum absolute atomic E-state index is 13.3. The molecule has 2 aromatic carbocycles. The molecule has 1 atom stereocenters. The maximum atomic E-state index is 13.3. The monoisotopic (exact) mass is 564 g/mol. The zero-order valence-corrected chi connectivity index (χ0v) is 19.6. The molecule has 158 valence electrons. The Morgan fingerprint density at radius 3 is 2.71 bits per heavy atom. The van der Waals surface area contributed by atoms with Crippen molar-refractivity contribution in [3.05, 3.63) is 76.0 Å². The van der Waals surface area contributed by atoms with E-state index >= 15 is 0 Å². The van der Waals surface area contributed by atoms with Crippen molar-refractivity contribution in [3.63, 3.8) is 0 Å². The van der Waals surface area contributed by atoms with Crippen molar-refractivity contribution >= 4 is 77.8 Å². The lowest BCUT2D eigenvalue weighted by atomic mass is 10.0. The molecule has 2 heterocycles. The topological polar surface area (TPSA) is 104 Å². The Bertz CT molecular complexity index is 1220. The lowest BCUT2D eigenvalue weighted by Crippen LogP contribution is -2.44. The van der Waals surface area contributed by atoms with E-state index in [1.54, 1.807) is 41.7 Å². The SMILES string of the molecule is NNC(=O)c1cc2ccccc2c(Br)c1NC(=O)C1C=CN(Br)N1c1ncccc1Cl. The molecule has 0 saturated carbocycles. The first-order valence-corrected chi connectivity index (χ1v) is 10.9. The van der Waals surface area contributed by atoms with Gasteiger partial charge in [0.15, 0.2) is 11.9 Å². The Hall–Kier alpha value is -2.66. The molecular weight excluding hydrogens is 552 g/mol. The highest BCUT2D eigenvalue weighted by molar-refractivity contribution is 9.10. The number of hydrogen-bond acceptors (Lipinski definition) is 6. The van der Waals surface area contributed by atoms with Gasteiger partial charge in [-0.05, 0) is 51.0 Å². The van der Waals surface area contributed by atoms with Crippen LogP contribution in [0.25, 0.3) is 10.8 Å². The normalized spacial score (nSPS) is 15.4. The molecule has 31 heavy (non-hydrogen) atoms. The van der Waals surface area contributed by atoms with Crippen molar-refractivity contribution < 1.29 is 9.59 Å². The summed E-state index contributed by atoms with van der Waals surface area (Å²) in [7, 11) is 0. The van der Waals surface area contributed by atoms with Crippen molar-refractivity contribution in [3.8, 4) is 0 Å². The highest BCUT2D eigenvalue weighted by Crippen LogP contribution is 2.36. The molecule has 3 aromatic rings. The predicted octanol–water partition coefficient (Wildman–Crippen LogP) is 4.12. The van der Waals surface area contributed by atoms with E-state index in [-0.39, 0.29) is 5.56 Å². The number of nitrogens with one attached hydrogen (secondary N) is 2. The highest BCUT2D eigenvalue weighted by Gasteiger charge is 2.34. The van der Waals surface area contributed by atoms with E-state index in [2.05, 4.69) is 47.8 Å². The van der Waals surface area contributed by atoms with Crippen LogP contribution in [0.5, 0.6) is 0 Å². The summed E-state index contributed by atoms with van der Waals surface area (Å²) in [5, 5.41) is 6.46. The number of nitrogens with zero attached hydrogens (tertiary/aromatic N) is 3. The summed E-state index contributed by atoms with van der Waals surface area (Å²) in [6.07, 6.45) is 4.92. The molecular formula is C20H15Br2ClN6O2. The van der Waals surface area contributed by atoms with E-state index in [0.717, 1.165) is 10.8 Å². The quantitative estimate of drug-likeness (QED) is 0.190. The number of benzene rings is 2. The summed E-state index contributed by atoms with van der Waals surface area (Å²) in [6, 6.07) is 11.8. The minimum atomic E-state index is -0.779. The molecule has 1 aromatic heterocycles. The van der Waals surface area contributed by atoms with Gasteiger partial charge >= 0.3 is 0 Å². The fourth-order valence-electron chi connectivity index (χ4n) is 3.27. The molecule has 4 rings (SSSR count). The van der Waals surface area contributed by atoms with Gasteiger partial charge in [0.2, 0.25) is 0 Å². The lowest BCUT2D eigenvalue weighted by molar-refractivity contribution is -0.116. The van der Waals surface area contributed by atoms with Gasteiger partial charge in [-0.3, -0.25) is 15.0 Å². The number of nitrogen functional groups attached to an aromatic ring is 1. The minimum absolute atomic E-state index is 0.224. The van der Waals surface area contributed by atoms with Gasteiger partial charge in [0.1, 0.15) is 0 Å². The molecule has 11 heteroatoms. The van der Waals surface area contributed by atoms with E-state index < -0.39 is 17.9 Å². The molecule has 0 bridgehead atoms. The molecule has 0 aliphatic carbocycles. The van der Waals surface area contributed by atoms with Gasteiger partial charge in [-0.2, -0.15) is 0 Å². The van der Waals surface area contributed by atoms with Crippen LogP contribution < -0.4 is 21.6 Å². The predicted molar refractivity (Wildman–Crippen MR) is 127 cm³/mol. The third kappa shape index (κ3) is 3.99. The largest absolute Gasteiger partial charge is 0.322 e. The van der Waals surface area contributed by atoms with Crippen LogP contribution in [-0.4, -0.2) is 26.9 Å². The number of carbonyl (C=O) groups excluding carboxylic acids is 2. The third-order valence-corrected chi connectivity index (χ3v) is 6.39. The second-order valence-corrected chi connectivity index (χ2v) is 8.45. The number of carbonyl (C=O) groups is 2. The second kappa shape index (κ2) is 8.83. The number of fused-ring (bicyclic) bond motifs is 1. The van der Waals surface area contributed by atoms with Gasteiger partial charge in [-0.1, -0.05) is 35.9 Å². The summed E-state index contributed by atoms with van der Waals surface area (Å²) in [4.78, 5) is 30.0. The van der Waals surface area contributed by atoms with E-state index in [4.69, 9.17) is 17.4 Å². The van der Waals surface area contributed by atoms with Crippen LogP contribution in [0.3, 0.4) is 0 Å². The Balaban J connectivity index is 1.74. The number of pyridine rings is 1. The molecule has 4 N–H and O–H groups in total. The minimum Gasteiger partial charge on any atom is -0.322 e. The van der Waals surface area contributed by atoms with Crippen molar-refractivity contribution in [1.82, 2.24) is 14.4 Å². The fourth-order valence-corrected chi connectivity index (χ4v) is 4.64. The van der Waals surface area contributed by atoms with E-state index in [1.165, 1.54) is 4.03 Å². The molecule has 2 amide bonds. The van der Waals surface area contributed by atoms with Crippen LogP contribution >= 0.6 is 43.7 Å². The Labute approximate surface area is 199 Å². The van der Waals surface area contributed by atoms with Crippen LogP contribution in [0.2, 0.25) is 5.02 Å². The Morgan fingerprint density at radius 1 is 1.19 bits per heavy atom. The first-order valence-electron chi connectivity index (χ1n) is 8.98. The third-order valence-electron chi connectivity index (χ3n) is 4.70. The number of rotatable bonds is 4. The number of nitrogens with two attached hydrogens (primary N) is 1. The standard InChI is InChI=1S/C20H15Br2ClN6O2/c21-16-12-5-2-1-4-11(12)10-13(19(30)27-24)17(16)26-20(31)15-7-9-28(22)29(15)18-14(23)6-3-8-25-18/h1-10,15H,24H2,(H,26,31)(H,27,30). The van der Waals surface area contributed by atoms with Crippen LogP contribution in [0.15, 0.2) is 65.4 Å². The summed E-state index contributed by atoms with van der Waals surface area (Å²) < 4.78 is 2.10. The number of hydrazine groups is 2. The van der Waals surface area contributed by atoms with Gasteiger partial charge in [0, 0.05) is 16.9 Å². The average molecular weight is 567 g/mol. The average Bonchev–Trinajstić information content (AvgIpc) is 3.16. The van der Waals surface area contributed by atoms with Crippen molar-refractivity contribution in [2.75, 3.05) is 10.3 Å². The zero-order chi connectivity index (χ0) is 22.1. The van der Waals surface area contributed by atoms with Crippen LogP contribution in [-0.2, 0) is 4.79 Å². The molecule has 0 spiro atoms. The highest BCUT2D eigenvalue weighted by atomic mass is 79.9. The van der Waals surface area contributed by atoms with Crippen molar-refractivity contribution in [2.45, 2.75) is 6.04 Å². The molecule has 8 nitrogen and oxygen atoms in total. The molecule has 0 fully saturated rings. The molecule has 1 aliphatic heterocycles. The van der Waals surface area contributed by atoms with Crippen molar-refractivity contribution in [2.24, 2.45) is 5.84 Å². The first kappa shape index (κ1) is 21.6. The number of aromatic nitrogens is 1. The number of anilines is 2. The van der Waals surface area contributed by atoms with Crippen LogP contribution in [0.4, 0.5) is 11.5 Å². The van der Waals surface area contributed by atoms with E-state index in [0.29, 0.717) is 21.0 Å². The van der Waals surface area contributed by atoms with Gasteiger partial charge < -0.3 is 5.32 Å². The van der Waals surface area contributed by atoms with Crippen molar-refractivity contribution in [1.29, 1.82) is 0 Å². The molecule has 0 saturated heterocycles. The zero-order valence-electron chi connectivity index (χ0n) is 15.7.